The average molecular weight is 791 g/mol. The number of nitrogens with zero attached hydrogens (tertiary/aromatic N) is 3. The molecule has 0 radical (unpaired) electrons. The Morgan fingerprint density at radius 2 is 1.08 bits per heavy atom. The Morgan fingerprint density at radius 1 is 0.585 bits per heavy atom. The summed E-state index contributed by atoms with van der Waals surface area (Å²) in [6.07, 6.45) is 16.5. The van der Waals surface area contributed by atoms with Crippen LogP contribution < -0.4 is 5.32 Å². The second-order valence-corrected chi connectivity index (χ2v) is 16.5. The first-order chi connectivity index (χ1) is 25.8. The molecule has 0 spiro atoms. The zero-order valence-corrected chi connectivity index (χ0v) is 35.2. The minimum absolute atomic E-state index is 0.148. The molecule has 1 aliphatic rings. The number of unbranched alkanes of at least 4 members (excludes halogenated alkanes) is 12. The van der Waals surface area contributed by atoms with Gasteiger partial charge in [0.15, 0.2) is 0 Å². The number of piperazine rings is 1. The van der Waals surface area contributed by atoms with Gasteiger partial charge in [-0.1, -0.05) is 99.6 Å². The fraction of sp³-hybridized carbons (Fsp3) is 0.897. The maximum atomic E-state index is 13.0. The molecule has 2 amide bonds. The number of carbonyl (C=O) groups is 4. The molecule has 0 aliphatic carbocycles. The summed E-state index contributed by atoms with van der Waals surface area (Å²) in [6.45, 7) is 12.2. The highest BCUT2D eigenvalue weighted by Gasteiger charge is 2.16. The van der Waals surface area contributed by atoms with Crippen LogP contribution in [0, 0.1) is 0 Å². The second-order valence-electron chi connectivity index (χ2n) is 13.8. The minimum atomic E-state index is -0.392. The Labute approximate surface area is 329 Å². The summed E-state index contributed by atoms with van der Waals surface area (Å²) in [5.74, 6) is 0.961. The fourth-order valence-electron chi connectivity index (χ4n) is 5.70. The zero-order valence-electron chi connectivity index (χ0n) is 33.6. The van der Waals surface area contributed by atoms with Crippen molar-refractivity contribution >= 4 is 45.7 Å². The number of amides is 2. The van der Waals surface area contributed by atoms with Gasteiger partial charge in [-0.3, -0.25) is 14.5 Å². The van der Waals surface area contributed by atoms with Crippen LogP contribution in [0.5, 0.6) is 0 Å². The Kier molecular flexibility index (Phi) is 33.2. The highest BCUT2D eigenvalue weighted by Crippen LogP contribution is 2.20. The van der Waals surface area contributed by atoms with E-state index in [0.29, 0.717) is 89.5 Å². The van der Waals surface area contributed by atoms with Crippen molar-refractivity contribution in [1.82, 2.24) is 20.0 Å². The van der Waals surface area contributed by atoms with Crippen LogP contribution in [0.15, 0.2) is 0 Å². The van der Waals surface area contributed by atoms with Crippen molar-refractivity contribution in [1.29, 1.82) is 0 Å². The average Bonchev–Trinajstić information content (AvgIpc) is 3.15. The van der Waals surface area contributed by atoms with Gasteiger partial charge in [-0.2, -0.15) is 0 Å². The van der Waals surface area contributed by atoms with Gasteiger partial charge < -0.3 is 34.1 Å². The van der Waals surface area contributed by atoms with Gasteiger partial charge in [0.2, 0.25) is 0 Å². The fourth-order valence-corrected chi connectivity index (χ4v) is 7.35. The Bertz CT molecular complexity index is 890. The Hall–Kier alpha value is -1.90. The highest BCUT2D eigenvalue weighted by atomic mass is 33.1. The van der Waals surface area contributed by atoms with Crippen molar-refractivity contribution in [3.63, 3.8) is 0 Å². The molecule has 0 aromatic rings. The lowest BCUT2D eigenvalue weighted by Gasteiger charge is -2.32. The predicted octanol–water partition coefficient (Wildman–Crippen LogP) is 7.93. The molecule has 1 fully saturated rings. The van der Waals surface area contributed by atoms with Crippen LogP contribution in [-0.4, -0.2) is 136 Å². The normalized spacial score (nSPS) is 13.4. The molecular formula is C39H74N4O8S2. The van der Waals surface area contributed by atoms with Crippen LogP contribution >= 0.6 is 21.6 Å². The van der Waals surface area contributed by atoms with Gasteiger partial charge in [0.1, 0.15) is 13.2 Å². The molecule has 1 N–H and O–H groups in total. The van der Waals surface area contributed by atoms with Crippen LogP contribution in [0.4, 0.5) is 9.59 Å². The van der Waals surface area contributed by atoms with Crippen molar-refractivity contribution in [2.24, 2.45) is 0 Å². The topological polar surface area (TPSA) is 127 Å². The molecule has 1 rings (SSSR count). The van der Waals surface area contributed by atoms with E-state index < -0.39 is 6.09 Å². The summed E-state index contributed by atoms with van der Waals surface area (Å²) in [4.78, 5) is 55.4. The Balaban J connectivity index is 2.25. The maximum absolute atomic E-state index is 13.0. The first-order valence-electron chi connectivity index (χ1n) is 20.6. The van der Waals surface area contributed by atoms with E-state index in [1.807, 2.05) is 0 Å². The largest absolute Gasteiger partial charge is 0.466 e. The standard InChI is InChI=1S/C39H74N4O8S2/c1-4-6-8-10-12-14-20-36(44)48-30-18-16-23-43(24-17-19-31-49-37(45)21-15-13-11-9-7-5-2)39(47)51-33-35-53-52-34-32-50-38(46)40-22-25-42-28-26-41(3)27-29-42/h4-35H2,1-3H3,(H,40,46). The summed E-state index contributed by atoms with van der Waals surface area (Å²) in [6, 6.07) is 0. The zero-order chi connectivity index (χ0) is 38.6. The minimum Gasteiger partial charge on any atom is -0.466 e. The third kappa shape index (κ3) is 31.0. The van der Waals surface area contributed by atoms with Crippen LogP contribution in [0.2, 0.25) is 0 Å². The number of hydrogen-bond acceptors (Lipinski definition) is 12. The molecule has 0 aromatic heterocycles. The van der Waals surface area contributed by atoms with Gasteiger partial charge in [-0.25, -0.2) is 9.59 Å². The van der Waals surface area contributed by atoms with Crippen LogP contribution in [0.25, 0.3) is 0 Å². The van der Waals surface area contributed by atoms with E-state index in [1.165, 1.54) is 51.4 Å². The van der Waals surface area contributed by atoms with E-state index in [4.69, 9.17) is 18.9 Å². The van der Waals surface area contributed by atoms with Crippen molar-refractivity contribution in [3.05, 3.63) is 0 Å². The number of esters is 2. The van der Waals surface area contributed by atoms with Gasteiger partial charge in [0, 0.05) is 76.7 Å². The second kappa shape index (κ2) is 35.8. The molecule has 0 unspecified atom stereocenters. The molecular weight excluding hydrogens is 717 g/mol. The predicted molar refractivity (Wildman–Crippen MR) is 217 cm³/mol. The van der Waals surface area contributed by atoms with Crippen molar-refractivity contribution in [2.75, 3.05) is 97.3 Å². The molecule has 0 aromatic carbocycles. The smallest absolute Gasteiger partial charge is 0.409 e. The third-order valence-corrected chi connectivity index (χ3v) is 11.4. The number of nitrogens with one attached hydrogen (secondary N) is 1. The first kappa shape index (κ1) is 49.1. The van der Waals surface area contributed by atoms with Crippen molar-refractivity contribution in [3.8, 4) is 0 Å². The molecule has 53 heavy (non-hydrogen) atoms. The lowest BCUT2D eigenvalue weighted by atomic mass is 10.1. The summed E-state index contributed by atoms with van der Waals surface area (Å²) in [5, 5.41) is 2.82. The molecule has 0 saturated carbocycles. The van der Waals surface area contributed by atoms with Gasteiger partial charge in [0.05, 0.1) is 13.2 Å². The third-order valence-electron chi connectivity index (χ3n) is 9.07. The first-order valence-corrected chi connectivity index (χ1v) is 23.1. The number of hydrogen-bond donors (Lipinski definition) is 1. The number of likely N-dealkylation sites (N-methyl/N-ethyl adjacent to an activating group) is 1. The van der Waals surface area contributed by atoms with E-state index in [1.54, 1.807) is 26.5 Å². The molecule has 1 aliphatic heterocycles. The quantitative estimate of drug-likeness (QED) is 0.0295. The van der Waals surface area contributed by atoms with Crippen LogP contribution in [-0.2, 0) is 28.5 Å². The molecule has 12 nitrogen and oxygen atoms in total. The number of alkyl carbamates (subject to hydrolysis) is 1. The SMILES string of the molecule is CCCCCCCCC(=O)OCCCCN(CCCCOC(=O)CCCCCCCC)C(=O)OCCSSCCOC(=O)NCCN1CCN(C)CC1. The summed E-state index contributed by atoms with van der Waals surface area (Å²) < 4.78 is 21.7. The van der Waals surface area contributed by atoms with Gasteiger partial charge in [-0.05, 0) is 45.6 Å². The monoisotopic (exact) mass is 790 g/mol. The highest BCUT2D eigenvalue weighted by molar-refractivity contribution is 8.76. The molecule has 14 heteroatoms. The summed E-state index contributed by atoms with van der Waals surface area (Å²) in [7, 11) is 5.27. The number of rotatable bonds is 34. The molecule has 0 atom stereocenters. The summed E-state index contributed by atoms with van der Waals surface area (Å²) >= 11 is 0. The van der Waals surface area contributed by atoms with E-state index in [0.717, 1.165) is 58.4 Å². The molecule has 1 saturated heterocycles. The van der Waals surface area contributed by atoms with E-state index in [9.17, 15) is 19.2 Å². The lowest BCUT2D eigenvalue weighted by molar-refractivity contribution is -0.144. The van der Waals surface area contributed by atoms with Gasteiger partial charge in [0.25, 0.3) is 0 Å². The summed E-state index contributed by atoms with van der Waals surface area (Å²) in [5.41, 5.74) is 0. The molecule has 310 valence electrons. The van der Waals surface area contributed by atoms with Gasteiger partial charge in [-0.15, -0.1) is 0 Å². The van der Waals surface area contributed by atoms with E-state index >= 15 is 0 Å². The number of ether oxygens (including phenoxy) is 4. The lowest BCUT2D eigenvalue weighted by Crippen LogP contribution is -2.47. The van der Waals surface area contributed by atoms with Crippen LogP contribution in [0.3, 0.4) is 0 Å². The van der Waals surface area contributed by atoms with Crippen molar-refractivity contribution < 1.29 is 38.1 Å². The van der Waals surface area contributed by atoms with E-state index in [-0.39, 0.29) is 24.6 Å². The maximum Gasteiger partial charge on any atom is 0.409 e. The molecule has 1 heterocycles. The Morgan fingerprint density at radius 3 is 1.60 bits per heavy atom. The molecule has 0 bridgehead atoms. The van der Waals surface area contributed by atoms with Gasteiger partial charge >= 0.3 is 24.1 Å². The van der Waals surface area contributed by atoms with Crippen molar-refractivity contribution in [2.45, 2.75) is 129 Å². The number of carbonyl (C=O) groups excluding carboxylic acids is 4. The van der Waals surface area contributed by atoms with E-state index in [2.05, 4.69) is 36.0 Å². The van der Waals surface area contributed by atoms with Crippen LogP contribution in [0.1, 0.15) is 129 Å².